The summed E-state index contributed by atoms with van der Waals surface area (Å²) >= 11 is 3.20. The molecule has 0 aliphatic carbocycles. The predicted molar refractivity (Wildman–Crippen MR) is 56.4 cm³/mol. The molecule has 0 unspecified atom stereocenters. The molecule has 0 radical (unpaired) electrons. The average molecular weight is 252 g/mol. The van der Waals surface area contributed by atoms with Gasteiger partial charge in [-0.2, -0.15) is 0 Å². The van der Waals surface area contributed by atoms with Crippen LogP contribution in [-0.2, 0) is 0 Å². The summed E-state index contributed by atoms with van der Waals surface area (Å²) in [4.78, 5) is 14.9. The second-order valence-electron chi connectivity index (χ2n) is 2.83. The second kappa shape index (κ2) is 3.38. The lowest BCUT2D eigenvalue weighted by Gasteiger charge is -2.01. The molecule has 0 aliphatic rings. The fourth-order valence-corrected chi connectivity index (χ4v) is 1.76. The van der Waals surface area contributed by atoms with Crippen molar-refractivity contribution in [3.63, 3.8) is 0 Å². The molecule has 1 N–H and O–H groups in total. The fraction of sp³-hybridized carbons (Fsp3) is 0. The van der Waals surface area contributed by atoms with Crippen LogP contribution in [0.5, 0.6) is 0 Å². The fourth-order valence-electron chi connectivity index (χ4n) is 1.26. The van der Waals surface area contributed by atoms with Gasteiger partial charge >= 0.3 is 5.97 Å². The first-order valence-corrected chi connectivity index (χ1v) is 4.75. The molecular formula is C10H6BrNO2. The van der Waals surface area contributed by atoms with E-state index in [9.17, 15) is 4.79 Å². The topological polar surface area (TPSA) is 50.2 Å². The number of carboxylic acid groups (broad SMARTS) is 1. The number of fused-ring (bicyclic) bond motifs is 1. The van der Waals surface area contributed by atoms with Gasteiger partial charge in [-0.3, -0.25) is 4.98 Å². The van der Waals surface area contributed by atoms with Crippen molar-refractivity contribution in [2.45, 2.75) is 0 Å². The van der Waals surface area contributed by atoms with E-state index in [1.807, 2.05) is 6.07 Å². The predicted octanol–water partition coefficient (Wildman–Crippen LogP) is 2.70. The van der Waals surface area contributed by atoms with Gasteiger partial charge in [0.1, 0.15) is 0 Å². The Morgan fingerprint density at radius 2 is 2.21 bits per heavy atom. The molecule has 0 saturated heterocycles. The molecule has 0 amide bonds. The molecule has 14 heavy (non-hydrogen) atoms. The highest BCUT2D eigenvalue weighted by atomic mass is 79.9. The van der Waals surface area contributed by atoms with Crippen LogP contribution in [0.15, 0.2) is 34.9 Å². The number of benzene rings is 1. The number of carboxylic acids is 1. The van der Waals surface area contributed by atoms with Crippen LogP contribution in [0, 0.1) is 0 Å². The van der Waals surface area contributed by atoms with E-state index in [4.69, 9.17) is 5.11 Å². The van der Waals surface area contributed by atoms with Crippen molar-refractivity contribution in [1.29, 1.82) is 0 Å². The van der Waals surface area contributed by atoms with E-state index in [2.05, 4.69) is 20.9 Å². The van der Waals surface area contributed by atoms with Gasteiger partial charge in [-0.15, -0.1) is 0 Å². The lowest BCUT2D eigenvalue weighted by atomic mass is 10.1. The van der Waals surface area contributed by atoms with Gasteiger partial charge in [0, 0.05) is 16.1 Å². The van der Waals surface area contributed by atoms with Crippen LogP contribution < -0.4 is 0 Å². The summed E-state index contributed by atoms with van der Waals surface area (Å²) in [6, 6.07) is 6.93. The lowest BCUT2D eigenvalue weighted by molar-refractivity contribution is 0.0696. The highest BCUT2D eigenvalue weighted by Crippen LogP contribution is 2.22. The summed E-state index contributed by atoms with van der Waals surface area (Å²) in [5.41, 5.74) is 1.04. The first-order valence-electron chi connectivity index (χ1n) is 3.96. The Labute approximate surface area is 88.5 Å². The maximum atomic E-state index is 10.8. The summed E-state index contributed by atoms with van der Waals surface area (Å²) in [5.74, 6) is -0.942. The minimum atomic E-state index is -0.942. The highest BCUT2D eigenvalue weighted by Gasteiger charge is 2.09. The van der Waals surface area contributed by atoms with Gasteiger partial charge in [0.25, 0.3) is 0 Å². The zero-order valence-corrected chi connectivity index (χ0v) is 8.65. The van der Waals surface area contributed by atoms with Gasteiger partial charge in [0.05, 0.1) is 11.1 Å². The summed E-state index contributed by atoms with van der Waals surface area (Å²) in [7, 11) is 0. The monoisotopic (exact) mass is 251 g/mol. The minimum absolute atomic E-state index is 0.255. The van der Waals surface area contributed by atoms with Gasteiger partial charge in [0.2, 0.25) is 0 Å². The molecule has 4 heteroatoms. The zero-order valence-electron chi connectivity index (χ0n) is 7.07. The minimum Gasteiger partial charge on any atom is -0.478 e. The Bertz CT molecular complexity index is 510. The first kappa shape index (κ1) is 9.15. The number of carbonyl (C=O) groups is 1. The number of hydrogen-bond donors (Lipinski definition) is 1. The summed E-state index contributed by atoms with van der Waals surface area (Å²) in [5, 5.41) is 9.70. The molecule has 0 spiro atoms. The number of aromatic nitrogens is 1. The molecule has 1 heterocycles. The smallest absolute Gasteiger partial charge is 0.336 e. The van der Waals surface area contributed by atoms with Gasteiger partial charge < -0.3 is 5.11 Å². The van der Waals surface area contributed by atoms with Gasteiger partial charge in [0.15, 0.2) is 0 Å². The zero-order chi connectivity index (χ0) is 10.1. The van der Waals surface area contributed by atoms with Crippen molar-refractivity contribution < 1.29 is 9.90 Å². The number of hydrogen-bond acceptors (Lipinski definition) is 2. The lowest BCUT2D eigenvalue weighted by Crippen LogP contribution is -1.97. The Balaban J connectivity index is 2.77. The number of nitrogens with zero attached hydrogens (tertiary/aromatic N) is 1. The molecule has 0 fully saturated rings. The number of pyridine rings is 1. The van der Waals surface area contributed by atoms with Crippen LogP contribution in [0.1, 0.15) is 10.4 Å². The molecule has 2 aromatic rings. The van der Waals surface area contributed by atoms with E-state index in [1.54, 1.807) is 24.4 Å². The Kier molecular flexibility index (Phi) is 2.21. The summed E-state index contributed by atoms with van der Waals surface area (Å²) in [6.45, 7) is 0. The molecule has 0 aliphatic heterocycles. The quantitative estimate of drug-likeness (QED) is 0.848. The van der Waals surface area contributed by atoms with Gasteiger partial charge in [-0.25, -0.2) is 4.79 Å². The summed E-state index contributed by atoms with van der Waals surface area (Å²) < 4.78 is 0.552. The Morgan fingerprint density at radius 1 is 1.43 bits per heavy atom. The average Bonchev–Trinajstić information content (AvgIpc) is 2.16. The van der Waals surface area contributed by atoms with E-state index >= 15 is 0 Å². The van der Waals surface area contributed by atoms with Crippen molar-refractivity contribution >= 4 is 32.8 Å². The van der Waals surface area contributed by atoms with Crippen LogP contribution in [0.25, 0.3) is 10.9 Å². The maximum absolute atomic E-state index is 10.8. The first-order chi connectivity index (χ1) is 6.68. The van der Waals surface area contributed by atoms with Crippen molar-refractivity contribution in [2.24, 2.45) is 0 Å². The van der Waals surface area contributed by atoms with Crippen molar-refractivity contribution in [3.05, 3.63) is 40.5 Å². The number of aromatic carboxylic acids is 1. The van der Waals surface area contributed by atoms with Crippen LogP contribution in [-0.4, -0.2) is 16.1 Å². The largest absolute Gasteiger partial charge is 0.478 e. The van der Waals surface area contributed by atoms with Crippen LogP contribution in [0.4, 0.5) is 0 Å². The molecule has 1 aromatic heterocycles. The molecule has 1 aromatic carbocycles. The number of rotatable bonds is 1. The third-order valence-electron chi connectivity index (χ3n) is 1.92. The van der Waals surface area contributed by atoms with Crippen LogP contribution in [0.3, 0.4) is 0 Å². The maximum Gasteiger partial charge on any atom is 0.336 e. The molecule has 0 saturated carbocycles. The van der Waals surface area contributed by atoms with Gasteiger partial charge in [-0.1, -0.05) is 6.07 Å². The molecule has 2 rings (SSSR count). The van der Waals surface area contributed by atoms with Crippen molar-refractivity contribution in [2.75, 3.05) is 0 Å². The SMILES string of the molecule is O=C(O)c1cc2cccnc2cc1Br. The third kappa shape index (κ3) is 1.48. The molecule has 0 atom stereocenters. The standard InChI is InChI=1S/C10H6BrNO2/c11-8-5-9-6(2-1-3-12-9)4-7(8)10(13)14/h1-5H,(H,13,14). The van der Waals surface area contributed by atoms with Crippen molar-refractivity contribution in [1.82, 2.24) is 4.98 Å². The Hall–Kier alpha value is -1.42. The molecule has 3 nitrogen and oxygen atoms in total. The highest BCUT2D eigenvalue weighted by molar-refractivity contribution is 9.10. The molecule has 70 valence electrons. The number of halogens is 1. The van der Waals surface area contributed by atoms with E-state index in [0.717, 1.165) is 10.9 Å². The molecule has 0 bridgehead atoms. The van der Waals surface area contributed by atoms with Crippen LogP contribution in [0.2, 0.25) is 0 Å². The third-order valence-corrected chi connectivity index (χ3v) is 2.58. The molecular weight excluding hydrogens is 246 g/mol. The van der Waals surface area contributed by atoms with Crippen LogP contribution >= 0.6 is 15.9 Å². The van der Waals surface area contributed by atoms with Crippen molar-refractivity contribution in [3.8, 4) is 0 Å². The summed E-state index contributed by atoms with van der Waals surface area (Å²) in [6.07, 6.45) is 1.68. The van der Waals surface area contributed by atoms with E-state index < -0.39 is 5.97 Å². The van der Waals surface area contributed by atoms with E-state index in [1.165, 1.54) is 0 Å². The van der Waals surface area contributed by atoms with Gasteiger partial charge in [-0.05, 0) is 34.1 Å². The normalized spacial score (nSPS) is 10.4. The Morgan fingerprint density at radius 3 is 2.93 bits per heavy atom. The second-order valence-corrected chi connectivity index (χ2v) is 3.69. The van der Waals surface area contributed by atoms with E-state index in [0.29, 0.717) is 4.47 Å². The van der Waals surface area contributed by atoms with E-state index in [-0.39, 0.29) is 5.56 Å².